The zero-order valence-corrected chi connectivity index (χ0v) is 14.9. The molecule has 0 aliphatic carbocycles. The lowest BCUT2D eigenvalue weighted by atomic mass is 10.0. The number of nitrogens with zero attached hydrogens (tertiary/aromatic N) is 3. The molecule has 126 valence electrons. The van der Waals surface area contributed by atoms with E-state index in [-0.39, 0.29) is 0 Å². The number of aromatic nitrogens is 2. The first-order valence-corrected chi connectivity index (χ1v) is 9.12. The first-order chi connectivity index (χ1) is 11.8. The number of imidazole rings is 1. The molecule has 2 aromatic heterocycles. The number of guanidine groups is 1. The predicted molar refractivity (Wildman–Crippen MR) is 101 cm³/mol. The maximum Gasteiger partial charge on any atom is 0.193 e. The van der Waals surface area contributed by atoms with E-state index in [0.717, 1.165) is 29.7 Å². The van der Waals surface area contributed by atoms with Gasteiger partial charge in [0.1, 0.15) is 0 Å². The maximum absolute atomic E-state index is 4.65. The predicted octanol–water partition coefficient (Wildman–Crippen LogP) is 3.25. The van der Waals surface area contributed by atoms with Crippen molar-refractivity contribution in [3.63, 3.8) is 0 Å². The number of rotatable bonds is 6. The van der Waals surface area contributed by atoms with Crippen LogP contribution < -0.4 is 10.6 Å². The summed E-state index contributed by atoms with van der Waals surface area (Å²) < 4.78 is 2.04. The summed E-state index contributed by atoms with van der Waals surface area (Å²) in [7, 11) is 0. The summed E-state index contributed by atoms with van der Waals surface area (Å²) in [5.74, 6) is 1.25. The summed E-state index contributed by atoms with van der Waals surface area (Å²) in [4.78, 5) is 10.2. The van der Waals surface area contributed by atoms with E-state index in [0.29, 0.717) is 12.5 Å². The standard InChI is InChI=1S/C18H23N5S/c1-3-19-17(20-11-14(2)15-7-5-4-6-8-15)21-12-16-13-23-9-10-24-18(23)22-16/h4-10,13-14H,3,11-12H2,1-2H3,(H2,19,20,21). The van der Waals surface area contributed by atoms with Crippen LogP contribution in [0.4, 0.5) is 0 Å². The van der Waals surface area contributed by atoms with Gasteiger partial charge in [0.05, 0.1) is 12.2 Å². The molecule has 2 N–H and O–H groups in total. The molecule has 0 aliphatic rings. The average Bonchev–Trinajstić information content (AvgIpc) is 3.19. The quantitative estimate of drug-likeness (QED) is 0.534. The van der Waals surface area contributed by atoms with Crippen molar-refractivity contribution in [2.24, 2.45) is 4.99 Å². The van der Waals surface area contributed by atoms with Crippen molar-refractivity contribution in [2.75, 3.05) is 13.1 Å². The van der Waals surface area contributed by atoms with E-state index >= 15 is 0 Å². The van der Waals surface area contributed by atoms with Crippen molar-refractivity contribution >= 4 is 22.3 Å². The molecule has 0 radical (unpaired) electrons. The third kappa shape index (κ3) is 4.14. The van der Waals surface area contributed by atoms with Gasteiger partial charge in [-0.05, 0) is 18.4 Å². The zero-order chi connectivity index (χ0) is 16.8. The lowest BCUT2D eigenvalue weighted by molar-refractivity contribution is 0.699. The van der Waals surface area contributed by atoms with Gasteiger partial charge in [0.2, 0.25) is 0 Å². The number of fused-ring (bicyclic) bond motifs is 1. The summed E-state index contributed by atoms with van der Waals surface area (Å²) in [5.41, 5.74) is 2.31. The van der Waals surface area contributed by atoms with Crippen molar-refractivity contribution in [3.8, 4) is 0 Å². The highest BCUT2D eigenvalue weighted by Gasteiger charge is 2.07. The molecule has 24 heavy (non-hydrogen) atoms. The molecule has 1 aromatic carbocycles. The van der Waals surface area contributed by atoms with Crippen LogP contribution in [0.2, 0.25) is 0 Å². The van der Waals surface area contributed by atoms with Gasteiger partial charge in [-0.15, -0.1) is 11.3 Å². The van der Waals surface area contributed by atoms with E-state index in [2.05, 4.69) is 58.7 Å². The fourth-order valence-electron chi connectivity index (χ4n) is 2.50. The van der Waals surface area contributed by atoms with Crippen LogP contribution in [-0.2, 0) is 6.54 Å². The van der Waals surface area contributed by atoms with Crippen molar-refractivity contribution in [1.82, 2.24) is 20.0 Å². The van der Waals surface area contributed by atoms with E-state index in [1.165, 1.54) is 5.56 Å². The van der Waals surface area contributed by atoms with Crippen LogP contribution in [0.25, 0.3) is 4.96 Å². The molecule has 0 saturated heterocycles. The van der Waals surface area contributed by atoms with Crippen molar-refractivity contribution in [3.05, 3.63) is 59.4 Å². The largest absolute Gasteiger partial charge is 0.357 e. The average molecular weight is 341 g/mol. The fourth-order valence-corrected chi connectivity index (χ4v) is 3.22. The highest BCUT2D eigenvalue weighted by Crippen LogP contribution is 2.13. The highest BCUT2D eigenvalue weighted by atomic mass is 32.1. The topological polar surface area (TPSA) is 53.7 Å². The van der Waals surface area contributed by atoms with Gasteiger partial charge >= 0.3 is 0 Å². The Kier molecular flexibility index (Phi) is 5.48. The van der Waals surface area contributed by atoms with Crippen LogP contribution in [0.15, 0.2) is 53.1 Å². The SMILES string of the molecule is CCNC(=NCc1cn2ccsc2n1)NCC(C)c1ccccc1. The molecular formula is C18H23N5S. The lowest BCUT2D eigenvalue weighted by Gasteiger charge is -2.16. The molecule has 0 bridgehead atoms. The normalized spacial score (nSPS) is 13.2. The van der Waals surface area contributed by atoms with E-state index in [4.69, 9.17) is 0 Å². The number of benzene rings is 1. The summed E-state index contributed by atoms with van der Waals surface area (Å²) in [6.45, 7) is 6.54. The molecule has 2 heterocycles. The number of thiazole rings is 1. The van der Waals surface area contributed by atoms with Crippen LogP contribution in [0, 0.1) is 0 Å². The number of aliphatic imine (C=N–C) groups is 1. The van der Waals surface area contributed by atoms with Crippen LogP contribution in [-0.4, -0.2) is 28.4 Å². The Morgan fingerprint density at radius 2 is 2.12 bits per heavy atom. The smallest absolute Gasteiger partial charge is 0.193 e. The van der Waals surface area contributed by atoms with Crippen LogP contribution in [0.5, 0.6) is 0 Å². The summed E-state index contributed by atoms with van der Waals surface area (Å²) >= 11 is 1.64. The minimum atomic E-state index is 0.424. The van der Waals surface area contributed by atoms with E-state index in [1.54, 1.807) is 11.3 Å². The van der Waals surface area contributed by atoms with Gasteiger partial charge in [0, 0.05) is 30.9 Å². The summed E-state index contributed by atoms with van der Waals surface area (Å²) in [6, 6.07) is 10.5. The molecule has 1 unspecified atom stereocenters. The van der Waals surface area contributed by atoms with Crippen LogP contribution in [0.1, 0.15) is 31.0 Å². The Labute approximate surface area is 146 Å². The molecule has 0 amide bonds. The minimum absolute atomic E-state index is 0.424. The minimum Gasteiger partial charge on any atom is -0.357 e. The molecular weight excluding hydrogens is 318 g/mol. The molecule has 0 spiro atoms. The second kappa shape index (κ2) is 7.97. The Morgan fingerprint density at radius 3 is 2.88 bits per heavy atom. The fraction of sp³-hybridized carbons (Fsp3) is 0.333. The Bertz CT molecular complexity index is 761. The third-order valence-corrected chi connectivity index (χ3v) is 4.60. The van der Waals surface area contributed by atoms with Crippen LogP contribution in [0.3, 0.4) is 0 Å². The molecule has 5 nitrogen and oxygen atoms in total. The van der Waals surface area contributed by atoms with Crippen LogP contribution >= 0.6 is 11.3 Å². The van der Waals surface area contributed by atoms with Crippen molar-refractivity contribution < 1.29 is 0 Å². The summed E-state index contributed by atoms with van der Waals surface area (Å²) in [5, 5.41) is 8.75. The van der Waals surface area contributed by atoms with Gasteiger partial charge in [0.25, 0.3) is 0 Å². The van der Waals surface area contributed by atoms with Crippen molar-refractivity contribution in [2.45, 2.75) is 26.3 Å². The van der Waals surface area contributed by atoms with Gasteiger partial charge in [-0.3, -0.25) is 4.40 Å². The molecule has 0 saturated carbocycles. The number of hydrogen-bond acceptors (Lipinski definition) is 3. The Balaban J connectivity index is 1.60. The molecule has 3 rings (SSSR count). The molecule has 1 atom stereocenters. The van der Waals surface area contributed by atoms with Gasteiger partial charge in [-0.2, -0.15) is 0 Å². The van der Waals surface area contributed by atoms with Gasteiger partial charge in [0.15, 0.2) is 10.9 Å². The van der Waals surface area contributed by atoms with E-state index in [1.807, 2.05) is 28.2 Å². The Morgan fingerprint density at radius 1 is 1.29 bits per heavy atom. The molecule has 0 aliphatic heterocycles. The molecule has 3 aromatic rings. The highest BCUT2D eigenvalue weighted by molar-refractivity contribution is 7.15. The first-order valence-electron chi connectivity index (χ1n) is 8.24. The second-order valence-electron chi connectivity index (χ2n) is 5.71. The van der Waals surface area contributed by atoms with E-state index in [9.17, 15) is 0 Å². The molecule has 6 heteroatoms. The first kappa shape index (κ1) is 16.5. The second-order valence-corrected chi connectivity index (χ2v) is 6.59. The Hall–Kier alpha value is -2.34. The number of nitrogens with one attached hydrogen (secondary N) is 2. The summed E-state index contributed by atoms with van der Waals surface area (Å²) in [6.07, 6.45) is 4.05. The van der Waals surface area contributed by atoms with Gasteiger partial charge in [-0.25, -0.2) is 9.98 Å². The lowest BCUT2D eigenvalue weighted by Crippen LogP contribution is -2.39. The van der Waals surface area contributed by atoms with E-state index < -0.39 is 0 Å². The zero-order valence-electron chi connectivity index (χ0n) is 14.1. The number of hydrogen-bond donors (Lipinski definition) is 2. The maximum atomic E-state index is 4.65. The van der Waals surface area contributed by atoms with Gasteiger partial charge < -0.3 is 10.6 Å². The third-order valence-electron chi connectivity index (χ3n) is 3.83. The van der Waals surface area contributed by atoms with Crippen molar-refractivity contribution in [1.29, 1.82) is 0 Å². The molecule has 0 fully saturated rings. The van der Waals surface area contributed by atoms with Gasteiger partial charge in [-0.1, -0.05) is 37.3 Å². The monoisotopic (exact) mass is 341 g/mol.